The first-order valence-corrected chi connectivity index (χ1v) is 11.3. The van der Waals surface area contributed by atoms with Gasteiger partial charge in [-0.2, -0.15) is 0 Å². The summed E-state index contributed by atoms with van der Waals surface area (Å²) in [4.78, 5) is 24.5. The van der Waals surface area contributed by atoms with Crippen molar-refractivity contribution in [1.29, 1.82) is 0 Å². The molecule has 0 saturated carbocycles. The average molecular weight is 467 g/mol. The lowest BCUT2D eigenvalue weighted by Crippen LogP contribution is -2.39. The zero-order chi connectivity index (χ0) is 24.2. The molecule has 0 saturated heterocycles. The number of carboxylic acids is 1. The lowest BCUT2D eigenvalue weighted by Gasteiger charge is -2.22. The zero-order valence-corrected chi connectivity index (χ0v) is 18.9. The molecule has 0 aliphatic rings. The first-order valence-electron chi connectivity index (χ1n) is 11.3. The normalized spacial score (nSPS) is 12.7. The topological polar surface area (TPSA) is 137 Å². The van der Waals surface area contributed by atoms with Crippen molar-refractivity contribution in [3.8, 4) is 11.1 Å². The number of nitrogens with one attached hydrogen (secondary N) is 2. The number of benzene rings is 2. The Bertz CT molecular complexity index is 1010. The van der Waals surface area contributed by atoms with Gasteiger partial charge >= 0.3 is 5.97 Å². The van der Waals surface area contributed by atoms with Crippen molar-refractivity contribution in [2.24, 2.45) is 5.92 Å². The number of hydrogen-bond donors (Lipinski definition) is 4. The molecule has 0 unspecified atom stereocenters. The third kappa shape index (κ3) is 7.79. The number of aliphatic hydroxyl groups excluding tert-OH is 1. The number of aromatic nitrogens is 3. The molecule has 9 heteroatoms. The highest BCUT2D eigenvalue weighted by Crippen LogP contribution is 2.21. The molecule has 0 fully saturated rings. The second-order valence-electron chi connectivity index (χ2n) is 8.05. The maximum Gasteiger partial charge on any atom is 0.306 e. The van der Waals surface area contributed by atoms with Crippen LogP contribution in [0.2, 0.25) is 0 Å². The number of nitrogens with zero attached hydrogens (tertiary/aromatic N) is 2. The van der Waals surface area contributed by atoms with E-state index in [0.29, 0.717) is 25.9 Å². The van der Waals surface area contributed by atoms with Crippen molar-refractivity contribution < 1.29 is 24.5 Å². The van der Waals surface area contributed by atoms with Crippen molar-refractivity contribution in [3.05, 3.63) is 72.1 Å². The Hall–Kier alpha value is -3.56. The molecule has 3 rings (SSSR count). The van der Waals surface area contributed by atoms with Crippen LogP contribution in [0.3, 0.4) is 0 Å². The van der Waals surface area contributed by atoms with Crippen molar-refractivity contribution in [3.63, 3.8) is 0 Å². The van der Waals surface area contributed by atoms with Gasteiger partial charge in [0.15, 0.2) is 5.69 Å². The second-order valence-corrected chi connectivity index (χ2v) is 8.05. The maximum absolute atomic E-state index is 12.6. The molecule has 2 aromatic carbocycles. The standard InChI is InChI=1S/C25H30N4O5/c30-12-4-13-34-14-11-21(25(32)33)16-22(27-24(31)23-17-26-29-28-23)15-18-7-9-20(10-8-18)19-5-2-1-3-6-19/h1-3,5-10,17,21-22,30H,4,11-16H2,(H,27,31)(H,32,33)(H,26,28,29)/t21-,22-/m1/s1. The quantitative estimate of drug-likeness (QED) is 0.268. The Labute approximate surface area is 198 Å². The van der Waals surface area contributed by atoms with Crippen molar-refractivity contribution >= 4 is 11.9 Å². The molecule has 3 aromatic rings. The second kappa shape index (κ2) is 13.2. The third-order valence-corrected chi connectivity index (χ3v) is 5.50. The van der Waals surface area contributed by atoms with E-state index in [1.807, 2.05) is 54.6 Å². The molecule has 9 nitrogen and oxygen atoms in total. The van der Waals surface area contributed by atoms with Crippen LogP contribution in [0, 0.1) is 5.92 Å². The van der Waals surface area contributed by atoms with Crippen LogP contribution in [0.5, 0.6) is 0 Å². The summed E-state index contributed by atoms with van der Waals surface area (Å²) in [5.74, 6) is -2.05. The molecule has 0 bridgehead atoms. The fourth-order valence-corrected chi connectivity index (χ4v) is 3.69. The van der Waals surface area contributed by atoms with Crippen molar-refractivity contribution in [2.45, 2.75) is 31.7 Å². The van der Waals surface area contributed by atoms with Gasteiger partial charge < -0.3 is 20.3 Å². The van der Waals surface area contributed by atoms with Gasteiger partial charge in [0.2, 0.25) is 0 Å². The van der Waals surface area contributed by atoms with Gasteiger partial charge in [0.25, 0.3) is 5.91 Å². The zero-order valence-electron chi connectivity index (χ0n) is 18.9. The fraction of sp³-hybridized carbons (Fsp3) is 0.360. The van der Waals surface area contributed by atoms with E-state index < -0.39 is 23.8 Å². The van der Waals surface area contributed by atoms with Crippen molar-refractivity contribution in [2.75, 3.05) is 19.8 Å². The van der Waals surface area contributed by atoms with E-state index in [9.17, 15) is 14.7 Å². The highest BCUT2D eigenvalue weighted by atomic mass is 16.5. The summed E-state index contributed by atoms with van der Waals surface area (Å²) in [6.07, 6.45) is 2.92. The van der Waals surface area contributed by atoms with E-state index in [1.165, 1.54) is 6.20 Å². The van der Waals surface area contributed by atoms with Crippen LogP contribution in [-0.4, -0.2) is 63.4 Å². The highest BCUT2D eigenvalue weighted by Gasteiger charge is 2.25. The monoisotopic (exact) mass is 466 g/mol. The van der Waals surface area contributed by atoms with E-state index in [1.54, 1.807) is 0 Å². The van der Waals surface area contributed by atoms with E-state index in [-0.39, 0.29) is 25.3 Å². The maximum atomic E-state index is 12.6. The van der Waals surface area contributed by atoms with Crippen LogP contribution in [0.1, 0.15) is 35.3 Å². The number of hydrogen-bond acceptors (Lipinski definition) is 6. The molecule has 1 amide bonds. The summed E-state index contributed by atoms with van der Waals surface area (Å²) in [6.45, 7) is 0.678. The largest absolute Gasteiger partial charge is 0.481 e. The van der Waals surface area contributed by atoms with Crippen LogP contribution >= 0.6 is 0 Å². The first-order chi connectivity index (χ1) is 16.6. The summed E-state index contributed by atoms with van der Waals surface area (Å²) in [5, 5.41) is 31.3. The van der Waals surface area contributed by atoms with Gasteiger partial charge in [-0.15, -0.1) is 5.10 Å². The number of amides is 1. The predicted octanol–water partition coefficient (Wildman–Crippen LogP) is 2.69. The van der Waals surface area contributed by atoms with E-state index in [4.69, 9.17) is 9.84 Å². The number of ether oxygens (including phenoxy) is 1. The fourth-order valence-electron chi connectivity index (χ4n) is 3.69. The minimum Gasteiger partial charge on any atom is -0.481 e. The van der Waals surface area contributed by atoms with Crippen molar-refractivity contribution in [1.82, 2.24) is 20.7 Å². The number of aliphatic carboxylic acids is 1. The van der Waals surface area contributed by atoms with Gasteiger partial charge in [-0.25, -0.2) is 0 Å². The Kier molecular flexibility index (Phi) is 9.75. The Balaban J connectivity index is 1.69. The molecular weight excluding hydrogens is 436 g/mol. The number of aromatic amines is 1. The summed E-state index contributed by atoms with van der Waals surface area (Å²) >= 11 is 0. The molecular formula is C25H30N4O5. The summed E-state index contributed by atoms with van der Waals surface area (Å²) in [5.41, 5.74) is 3.31. The number of H-pyrrole nitrogens is 1. The Morgan fingerprint density at radius 3 is 2.41 bits per heavy atom. The summed E-state index contributed by atoms with van der Waals surface area (Å²) < 4.78 is 5.42. The van der Waals surface area contributed by atoms with E-state index >= 15 is 0 Å². The van der Waals surface area contributed by atoms with Crippen LogP contribution in [0.25, 0.3) is 11.1 Å². The van der Waals surface area contributed by atoms with Crippen LogP contribution in [0.4, 0.5) is 0 Å². The van der Waals surface area contributed by atoms with Crippen LogP contribution in [-0.2, 0) is 16.0 Å². The molecule has 0 radical (unpaired) electrons. The molecule has 4 N–H and O–H groups in total. The number of carbonyl (C=O) groups is 2. The average Bonchev–Trinajstić information content (AvgIpc) is 3.39. The lowest BCUT2D eigenvalue weighted by molar-refractivity contribution is -0.143. The number of carbonyl (C=O) groups excluding carboxylic acids is 1. The SMILES string of the molecule is O=C(N[C@H](Cc1ccc(-c2ccccc2)cc1)C[C@@H](CCOCCCO)C(=O)O)c1c[nH]nn1. The third-order valence-electron chi connectivity index (χ3n) is 5.50. The Morgan fingerprint density at radius 2 is 1.76 bits per heavy atom. The van der Waals surface area contributed by atoms with E-state index in [2.05, 4.69) is 20.7 Å². The Morgan fingerprint density at radius 1 is 1.03 bits per heavy atom. The molecule has 34 heavy (non-hydrogen) atoms. The predicted molar refractivity (Wildman–Crippen MR) is 126 cm³/mol. The van der Waals surface area contributed by atoms with Gasteiger partial charge in [-0.1, -0.05) is 59.8 Å². The summed E-state index contributed by atoms with van der Waals surface area (Å²) in [6, 6.07) is 17.6. The lowest BCUT2D eigenvalue weighted by atomic mass is 9.92. The molecule has 0 spiro atoms. The first kappa shape index (κ1) is 25.1. The number of rotatable bonds is 14. The van der Waals surface area contributed by atoms with Gasteiger partial charge in [0.1, 0.15) is 0 Å². The minimum absolute atomic E-state index is 0.0293. The van der Waals surface area contributed by atoms with Gasteiger partial charge in [0, 0.05) is 25.9 Å². The molecule has 1 aromatic heterocycles. The summed E-state index contributed by atoms with van der Waals surface area (Å²) in [7, 11) is 0. The van der Waals surface area contributed by atoms with E-state index in [0.717, 1.165) is 16.7 Å². The van der Waals surface area contributed by atoms with Crippen LogP contribution < -0.4 is 5.32 Å². The molecule has 1 heterocycles. The minimum atomic E-state index is -0.939. The highest BCUT2D eigenvalue weighted by molar-refractivity contribution is 5.92. The van der Waals surface area contributed by atoms with Gasteiger partial charge in [0.05, 0.1) is 12.1 Å². The van der Waals surface area contributed by atoms with Crippen LogP contribution in [0.15, 0.2) is 60.8 Å². The smallest absolute Gasteiger partial charge is 0.306 e. The van der Waals surface area contributed by atoms with Gasteiger partial charge in [-0.05, 0) is 42.4 Å². The molecule has 2 atom stereocenters. The molecule has 0 aliphatic carbocycles. The number of aliphatic hydroxyl groups is 1. The number of carboxylic acid groups (broad SMARTS) is 1. The van der Waals surface area contributed by atoms with Gasteiger partial charge in [-0.3, -0.25) is 14.7 Å². The molecule has 0 aliphatic heterocycles. The molecule has 180 valence electrons.